The second-order valence-corrected chi connectivity index (χ2v) is 9.47. The van der Waals surface area contributed by atoms with Crippen molar-refractivity contribution in [2.24, 2.45) is 5.41 Å². The third kappa shape index (κ3) is 4.09. The minimum Gasteiger partial charge on any atom is -0.440 e. The number of hydrogen-bond donors (Lipinski definition) is 1. The Morgan fingerprint density at radius 1 is 1.19 bits per heavy atom. The van der Waals surface area contributed by atoms with Gasteiger partial charge in [0, 0.05) is 31.6 Å². The second kappa shape index (κ2) is 8.09. The van der Waals surface area contributed by atoms with Crippen molar-refractivity contribution in [3.63, 3.8) is 0 Å². The number of aliphatic hydroxyl groups is 1. The van der Waals surface area contributed by atoms with Crippen molar-refractivity contribution in [2.75, 3.05) is 26.2 Å². The monoisotopic (exact) mass is 439 g/mol. The molecule has 7 nitrogen and oxygen atoms in total. The minimum atomic E-state index is -0.529. The Labute approximate surface area is 184 Å². The average Bonchev–Trinajstić information content (AvgIpc) is 3.42. The van der Waals surface area contributed by atoms with E-state index in [4.69, 9.17) is 4.42 Å². The fraction of sp³-hybridized carbons (Fsp3) is 0.435. The second-order valence-electron chi connectivity index (χ2n) is 8.69. The number of rotatable bonds is 3. The van der Waals surface area contributed by atoms with E-state index in [1.165, 1.54) is 11.3 Å². The van der Waals surface area contributed by atoms with Crippen LogP contribution in [0.3, 0.4) is 0 Å². The molecule has 1 spiro atoms. The van der Waals surface area contributed by atoms with Crippen molar-refractivity contribution >= 4 is 34.3 Å². The molecule has 0 saturated carbocycles. The molecule has 0 aliphatic carbocycles. The van der Waals surface area contributed by atoms with Crippen LogP contribution >= 0.6 is 11.3 Å². The maximum atomic E-state index is 12.8. The van der Waals surface area contributed by atoms with E-state index < -0.39 is 6.10 Å². The fourth-order valence-electron chi connectivity index (χ4n) is 4.91. The Bertz CT molecular complexity index is 1050. The molecule has 2 aliphatic rings. The molecule has 8 heteroatoms. The molecule has 3 aromatic rings. The van der Waals surface area contributed by atoms with E-state index in [0.29, 0.717) is 49.6 Å². The number of likely N-dealkylation sites (tertiary alicyclic amines) is 2. The quantitative estimate of drug-likeness (QED) is 0.678. The zero-order valence-corrected chi connectivity index (χ0v) is 18.0. The predicted molar refractivity (Wildman–Crippen MR) is 117 cm³/mol. The molecule has 0 radical (unpaired) electrons. The third-order valence-electron chi connectivity index (χ3n) is 6.50. The summed E-state index contributed by atoms with van der Waals surface area (Å²) in [5.41, 5.74) is 1.99. The summed E-state index contributed by atoms with van der Waals surface area (Å²) in [5, 5.41) is 14.2. The molecule has 5 rings (SSSR count). The maximum Gasteiger partial charge on any atom is 0.254 e. The first kappa shape index (κ1) is 20.2. The Kier molecular flexibility index (Phi) is 5.27. The van der Waals surface area contributed by atoms with Gasteiger partial charge in [-0.05, 0) is 48.3 Å². The van der Waals surface area contributed by atoms with Crippen molar-refractivity contribution in [2.45, 2.75) is 31.8 Å². The van der Waals surface area contributed by atoms with Gasteiger partial charge in [-0.2, -0.15) is 11.3 Å². The molecule has 2 aromatic heterocycles. The summed E-state index contributed by atoms with van der Waals surface area (Å²) in [6.07, 6.45) is 1.84. The Hall–Kier alpha value is -2.71. The first-order valence-corrected chi connectivity index (χ1v) is 11.6. The normalized spacial score (nSPS) is 21.0. The van der Waals surface area contributed by atoms with Crippen LogP contribution in [-0.4, -0.2) is 64.0 Å². The molecule has 4 heterocycles. The van der Waals surface area contributed by atoms with Gasteiger partial charge in [0.2, 0.25) is 11.8 Å². The summed E-state index contributed by atoms with van der Waals surface area (Å²) in [6.45, 7) is 2.24. The highest BCUT2D eigenvalue weighted by atomic mass is 32.1. The number of thiophene rings is 1. The van der Waals surface area contributed by atoms with Gasteiger partial charge in [-0.1, -0.05) is 12.1 Å². The highest BCUT2D eigenvalue weighted by molar-refractivity contribution is 7.08. The largest absolute Gasteiger partial charge is 0.440 e. The number of amides is 2. The summed E-state index contributed by atoms with van der Waals surface area (Å²) in [6, 6.07) is 9.32. The number of β-amino-alcohol motifs (C(OH)–C–C–N with tert-alkyl or cyclic N) is 1. The molecule has 0 bridgehead atoms. The lowest BCUT2D eigenvalue weighted by atomic mass is 9.71. The first-order valence-electron chi connectivity index (χ1n) is 10.6. The van der Waals surface area contributed by atoms with Crippen LogP contribution in [0.25, 0.3) is 11.1 Å². The van der Waals surface area contributed by atoms with Crippen LogP contribution in [-0.2, 0) is 11.2 Å². The van der Waals surface area contributed by atoms with Crippen molar-refractivity contribution in [1.29, 1.82) is 0 Å². The molecule has 2 fully saturated rings. The van der Waals surface area contributed by atoms with Crippen molar-refractivity contribution < 1.29 is 19.1 Å². The third-order valence-corrected chi connectivity index (χ3v) is 7.18. The lowest BCUT2D eigenvalue weighted by Crippen LogP contribution is -2.55. The van der Waals surface area contributed by atoms with Gasteiger partial charge >= 0.3 is 0 Å². The van der Waals surface area contributed by atoms with Crippen LogP contribution in [0.15, 0.2) is 45.5 Å². The fourth-order valence-corrected chi connectivity index (χ4v) is 5.54. The van der Waals surface area contributed by atoms with Crippen LogP contribution < -0.4 is 0 Å². The van der Waals surface area contributed by atoms with Gasteiger partial charge in [0.25, 0.3) is 5.91 Å². The summed E-state index contributed by atoms with van der Waals surface area (Å²) >= 11 is 1.50. The van der Waals surface area contributed by atoms with Gasteiger partial charge in [-0.25, -0.2) is 4.98 Å². The highest BCUT2D eigenvalue weighted by Crippen LogP contribution is 2.40. The zero-order valence-electron chi connectivity index (χ0n) is 17.2. The Morgan fingerprint density at radius 2 is 2.00 bits per heavy atom. The number of para-hydroxylation sites is 2. The van der Waals surface area contributed by atoms with Crippen LogP contribution in [0.4, 0.5) is 0 Å². The molecule has 1 N–H and O–H groups in total. The van der Waals surface area contributed by atoms with Gasteiger partial charge < -0.3 is 19.3 Å². The number of carbonyl (C=O) groups excluding carboxylic acids is 2. The lowest BCUT2D eigenvalue weighted by Gasteiger charge is -2.49. The van der Waals surface area contributed by atoms with E-state index >= 15 is 0 Å². The Balaban J connectivity index is 1.22. The van der Waals surface area contributed by atoms with E-state index in [1.54, 1.807) is 4.90 Å². The summed E-state index contributed by atoms with van der Waals surface area (Å²) in [7, 11) is 0. The number of aromatic nitrogens is 1. The molecular weight excluding hydrogens is 414 g/mol. The summed E-state index contributed by atoms with van der Waals surface area (Å²) in [4.78, 5) is 33.7. The van der Waals surface area contributed by atoms with Gasteiger partial charge in [-0.15, -0.1) is 0 Å². The van der Waals surface area contributed by atoms with Crippen LogP contribution in [0.1, 0.15) is 35.5 Å². The SMILES string of the molecule is O=C(Cc1nc2ccccc2o1)N1CCC2(CC1)CC(O)CN(C(=O)c1ccsc1)C2. The van der Waals surface area contributed by atoms with Crippen molar-refractivity contribution in [1.82, 2.24) is 14.8 Å². The van der Waals surface area contributed by atoms with Crippen molar-refractivity contribution in [3.05, 3.63) is 52.5 Å². The highest BCUT2D eigenvalue weighted by Gasteiger charge is 2.43. The topological polar surface area (TPSA) is 86.9 Å². The number of benzene rings is 1. The molecule has 1 unspecified atom stereocenters. The van der Waals surface area contributed by atoms with Gasteiger partial charge in [0.05, 0.1) is 11.7 Å². The summed E-state index contributed by atoms with van der Waals surface area (Å²) < 4.78 is 5.69. The zero-order chi connectivity index (χ0) is 21.4. The van der Waals surface area contributed by atoms with Gasteiger partial charge in [0.1, 0.15) is 11.9 Å². The molecule has 31 heavy (non-hydrogen) atoms. The standard InChI is InChI=1S/C23H25N3O4S/c27-17-12-23(15-26(13-17)22(29)16-5-10-31-14-16)6-8-25(9-7-23)21(28)11-20-24-18-3-1-2-4-19(18)30-20/h1-5,10,14,17,27H,6-9,11-13,15H2. The van der Waals surface area contributed by atoms with Crippen LogP contribution in [0.5, 0.6) is 0 Å². The number of oxazole rings is 1. The number of carbonyl (C=O) groups is 2. The van der Waals surface area contributed by atoms with Gasteiger partial charge in [-0.3, -0.25) is 9.59 Å². The number of piperidine rings is 2. The van der Waals surface area contributed by atoms with E-state index in [9.17, 15) is 14.7 Å². The van der Waals surface area contributed by atoms with E-state index in [-0.39, 0.29) is 23.7 Å². The van der Waals surface area contributed by atoms with E-state index in [0.717, 1.165) is 18.4 Å². The lowest BCUT2D eigenvalue weighted by molar-refractivity contribution is -0.134. The molecule has 2 aliphatic heterocycles. The van der Waals surface area contributed by atoms with Crippen LogP contribution in [0.2, 0.25) is 0 Å². The number of aliphatic hydroxyl groups excluding tert-OH is 1. The molecule has 162 valence electrons. The maximum absolute atomic E-state index is 12.8. The van der Waals surface area contributed by atoms with Crippen LogP contribution in [0, 0.1) is 5.41 Å². The summed E-state index contributed by atoms with van der Waals surface area (Å²) in [5.74, 6) is 0.421. The van der Waals surface area contributed by atoms with Crippen molar-refractivity contribution in [3.8, 4) is 0 Å². The molecule has 1 aromatic carbocycles. The molecule has 2 amide bonds. The number of nitrogens with zero attached hydrogens (tertiary/aromatic N) is 3. The predicted octanol–water partition coefficient (Wildman–Crippen LogP) is 2.95. The molecule has 1 atom stereocenters. The number of fused-ring (bicyclic) bond motifs is 1. The van der Waals surface area contributed by atoms with E-state index in [1.807, 2.05) is 46.0 Å². The first-order chi connectivity index (χ1) is 15.0. The molecule has 2 saturated heterocycles. The average molecular weight is 440 g/mol. The minimum absolute atomic E-state index is 0.00368. The Morgan fingerprint density at radius 3 is 2.74 bits per heavy atom. The smallest absolute Gasteiger partial charge is 0.254 e. The number of hydrogen-bond acceptors (Lipinski definition) is 6. The van der Waals surface area contributed by atoms with E-state index in [2.05, 4.69) is 4.98 Å². The van der Waals surface area contributed by atoms with Gasteiger partial charge in [0.15, 0.2) is 5.58 Å². The molecular formula is C23H25N3O4S.